The van der Waals surface area contributed by atoms with E-state index in [2.05, 4.69) is 15.5 Å². The van der Waals surface area contributed by atoms with Gasteiger partial charge in [0, 0.05) is 6.20 Å². The number of amides is 1. The van der Waals surface area contributed by atoms with E-state index < -0.39 is 15.9 Å². The van der Waals surface area contributed by atoms with Gasteiger partial charge in [0.1, 0.15) is 6.54 Å². The van der Waals surface area contributed by atoms with Crippen molar-refractivity contribution < 1.29 is 13.2 Å². The summed E-state index contributed by atoms with van der Waals surface area (Å²) in [5.41, 5.74) is 5.32. The molecule has 8 heteroatoms. The molecule has 0 atom stereocenters. The van der Waals surface area contributed by atoms with E-state index in [1.54, 1.807) is 36.5 Å². The Morgan fingerprint density at radius 2 is 2.00 bits per heavy atom. The van der Waals surface area contributed by atoms with Crippen molar-refractivity contribution in [3.8, 4) is 0 Å². The molecule has 1 aromatic heterocycles. The number of carbonyl (C=O) groups excluding carboxylic acids is 1. The minimum Gasteiger partial charge on any atom is -0.271 e. The molecule has 7 nitrogen and oxygen atoms in total. The lowest BCUT2D eigenvalue weighted by Crippen LogP contribution is -2.39. The van der Waals surface area contributed by atoms with Gasteiger partial charge in [0.05, 0.1) is 23.9 Å². The SMILES string of the molecule is Cc1ccc(N(CC(=O)N/N=C/c2ccccn2)S(C)(=O)=O)cc1C. The van der Waals surface area contributed by atoms with E-state index in [4.69, 9.17) is 0 Å². The van der Waals surface area contributed by atoms with Crippen LogP contribution in [-0.4, -0.2) is 38.3 Å². The second-order valence-electron chi connectivity index (χ2n) is 5.59. The minimum atomic E-state index is -3.61. The van der Waals surface area contributed by atoms with Gasteiger partial charge in [-0.2, -0.15) is 5.10 Å². The van der Waals surface area contributed by atoms with Crippen LogP contribution in [0.3, 0.4) is 0 Å². The fourth-order valence-corrected chi connectivity index (χ4v) is 2.92. The smallest absolute Gasteiger partial charge is 0.260 e. The summed E-state index contributed by atoms with van der Waals surface area (Å²) in [6.07, 6.45) is 4.06. The Balaban J connectivity index is 2.10. The summed E-state index contributed by atoms with van der Waals surface area (Å²) in [5.74, 6) is -0.546. The molecule has 0 fully saturated rings. The van der Waals surface area contributed by atoms with E-state index in [-0.39, 0.29) is 6.54 Å². The zero-order valence-corrected chi connectivity index (χ0v) is 15.1. The van der Waals surface area contributed by atoms with Crippen molar-refractivity contribution in [3.05, 3.63) is 59.4 Å². The first-order chi connectivity index (χ1) is 11.8. The molecule has 0 radical (unpaired) electrons. The van der Waals surface area contributed by atoms with Crippen LogP contribution in [0.15, 0.2) is 47.7 Å². The number of aryl methyl sites for hydroxylation is 2. The van der Waals surface area contributed by atoms with Gasteiger partial charge in [-0.3, -0.25) is 14.1 Å². The number of hydrogen-bond acceptors (Lipinski definition) is 5. The van der Waals surface area contributed by atoms with Crippen LogP contribution >= 0.6 is 0 Å². The van der Waals surface area contributed by atoms with Gasteiger partial charge >= 0.3 is 0 Å². The van der Waals surface area contributed by atoms with Crippen LogP contribution in [0.25, 0.3) is 0 Å². The molecule has 1 amide bonds. The fraction of sp³-hybridized carbons (Fsp3) is 0.235. The van der Waals surface area contributed by atoms with E-state index in [9.17, 15) is 13.2 Å². The van der Waals surface area contributed by atoms with Gasteiger partial charge in [-0.25, -0.2) is 13.8 Å². The van der Waals surface area contributed by atoms with E-state index in [1.165, 1.54) is 6.21 Å². The van der Waals surface area contributed by atoms with E-state index in [0.717, 1.165) is 21.7 Å². The third kappa shape index (κ3) is 5.39. The Morgan fingerprint density at radius 1 is 1.24 bits per heavy atom. The quantitative estimate of drug-likeness (QED) is 0.626. The fourth-order valence-electron chi connectivity index (χ4n) is 2.07. The summed E-state index contributed by atoms with van der Waals surface area (Å²) in [6, 6.07) is 10.5. The van der Waals surface area contributed by atoms with Crippen molar-refractivity contribution in [2.45, 2.75) is 13.8 Å². The summed E-state index contributed by atoms with van der Waals surface area (Å²) in [7, 11) is -3.61. The summed E-state index contributed by atoms with van der Waals surface area (Å²) >= 11 is 0. The molecule has 0 saturated heterocycles. The molecular weight excluding hydrogens is 340 g/mol. The van der Waals surface area contributed by atoms with Crippen molar-refractivity contribution in [3.63, 3.8) is 0 Å². The molecule has 0 spiro atoms. The normalized spacial score (nSPS) is 11.5. The Bertz CT molecular complexity index is 880. The number of nitrogens with zero attached hydrogens (tertiary/aromatic N) is 3. The first-order valence-corrected chi connectivity index (χ1v) is 9.40. The maximum atomic E-state index is 12.1. The van der Waals surface area contributed by atoms with Crippen molar-refractivity contribution >= 4 is 27.8 Å². The topological polar surface area (TPSA) is 91.7 Å². The predicted molar refractivity (Wildman–Crippen MR) is 98.1 cm³/mol. The monoisotopic (exact) mass is 360 g/mol. The molecule has 0 saturated carbocycles. The van der Waals surface area contributed by atoms with Gasteiger partial charge in [0.15, 0.2) is 0 Å². The Hall–Kier alpha value is -2.74. The number of carbonyl (C=O) groups is 1. The van der Waals surface area contributed by atoms with Crippen molar-refractivity contribution in [2.75, 3.05) is 17.1 Å². The number of aromatic nitrogens is 1. The molecule has 0 unspecified atom stereocenters. The summed E-state index contributed by atoms with van der Waals surface area (Å²) < 4.78 is 25.2. The highest BCUT2D eigenvalue weighted by atomic mass is 32.2. The molecule has 1 aromatic carbocycles. The molecule has 1 heterocycles. The van der Waals surface area contributed by atoms with Gasteiger partial charge in [0.25, 0.3) is 5.91 Å². The molecule has 132 valence electrons. The van der Waals surface area contributed by atoms with Crippen LogP contribution in [0.2, 0.25) is 0 Å². The van der Waals surface area contributed by atoms with E-state index in [0.29, 0.717) is 11.4 Å². The Kier molecular flexibility index (Phi) is 5.87. The lowest BCUT2D eigenvalue weighted by atomic mass is 10.1. The molecule has 2 aromatic rings. The molecule has 25 heavy (non-hydrogen) atoms. The number of pyridine rings is 1. The Labute approximate surface area is 147 Å². The minimum absolute atomic E-state index is 0.360. The van der Waals surface area contributed by atoms with Gasteiger partial charge < -0.3 is 0 Å². The van der Waals surface area contributed by atoms with Crippen molar-refractivity contribution in [1.29, 1.82) is 0 Å². The van der Waals surface area contributed by atoms with Crippen LogP contribution < -0.4 is 9.73 Å². The standard InChI is InChI=1S/C17H20N4O3S/c1-13-7-8-16(10-14(13)2)21(25(3,23)24)12-17(22)20-19-11-15-6-4-5-9-18-15/h4-11H,12H2,1-3H3,(H,20,22)/b19-11+. The number of nitrogens with one attached hydrogen (secondary N) is 1. The predicted octanol–water partition coefficient (Wildman–Crippen LogP) is 1.61. The van der Waals surface area contributed by atoms with Crippen molar-refractivity contribution in [2.24, 2.45) is 5.10 Å². The van der Waals surface area contributed by atoms with Gasteiger partial charge in [-0.05, 0) is 49.2 Å². The maximum Gasteiger partial charge on any atom is 0.260 e. The van der Waals surface area contributed by atoms with Crippen LogP contribution in [0.1, 0.15) is 16.8 Å². The highest BCUT2D eigenvalue weighted by Crippen LogP contribution is 2.20. The summed E-state index contributed by atoms with van der Waals surface area (Å²) in [4.78, 5) is 16.1. The first kappa shape index (κ1) is 18.6. The van der Waals surface area contributed by atoms with Gasteiger partial charge in [-0.1, -0.05) is 12.1 Å². The molecular formula is C17H20N4O3S. The lowest BCUT2D eigenvalue weighted by molar-refractivity contribution is -0.119. The van der Waals surface area contributed by atoms with E-state index >= 15 is 0 Å². The van der Waals surface area contributed by atoms with E-state index in [1.807, 2.05) is 19.9 Å². The number of anilines is 1. The molecule has 2 rings (SSSR count). The summed E-state index contributed by atoms with van der Waals surface area (Å²) in [6.45, 7) is 3.46. The molecule has 0 aliphatic heterocycles. The number of hydrogen-bond donors (Lipinski definition) is 1. The average molecular weight is 360 g/mol. The lowest BCUT2D eigenvalue weighted by Gasteiger charge is -2.22. The largest absolute Gasteiger partial charge is 0.271 e. The number of rotatable bonds is 6. The third-order valence-corrected chi connectivity index (χ3v) is 4.68. The number of benzene rings is 1. The zero-order chi connectivity index (χ0) is 18.4. The number of hydrazone groups is 1. The van der Waals surface area contributed by atoms with Crippen molar-refractivity contribution in [1.82, 2.24) is 10.4 Å². The molecule has 1 N–H and O–H groups in total. The molecule has 0 aliphatic rings. The first-order valence-electron chi connectivity index (χ1n) is 7.55. The second-order valence-corrected chi connectivity index (χ2v) is 7.49. The summed E-state index contributed by atoms with van der Waals surface area (Å²) in [5, 5.41) is 3.79. The molecule has 0 aliphatic carbocycles. The van der Waals surface area contributed by atoms with Crippen LogP contribution in [0.4, 0.5) is 5.69 Å². The zero-order valence-electron chi connectivity index (χ0n) is 14.3. The molecule has 0 bridgehead atoms. The second kappa shape index (κ2) is 7.89. The van der Waals surface area contributed by atoms with Crippen LogP contribution in [0.5, 0.6) is 0 Å². The average Bonchev–Trinajstić information content (AvgIpc) is 2.55. The Morgan fingerprint density at radius 3 is 2.60 bits per heavy atom. The maximum absolute atomic E-state index is 12.1. The van der Waals surface area contributed by atoms with Gasteiger partial charge in [0.2, 0.25) is 10.0 Å². The van der Waals surface area contributed by atoms with Gasteiger partial charge in [-0.15, -0.1) is 0 Å². The van der Waals surface area contributed by atoms with Crippen LogP contribution in [0, 0.1) is 13.8 Å². The highest BCUT2D eigenvalue weighted by molar-refractivity contribution is 7.92. The number of sulfonamides is 1. The highest BCUT2D eigenvalue weighted by Gasteiger charge is 2.21. The van der Waals surface area contributed by atoms with Crippen LogP contribution in [-0.2, 0) is 14.8 Å². The third-order valence-electron chi connectivity index (χ3n) is 3.54.